The van der Waals surface area contributed by atoms with Gasteiger partial charge in [0, 0.05) is 64.6 Å². The van der Waals surface area contributed by atoms with E-state index in [1.807, 2.05) is 49.0 Å². The molecule has 190 valence electrons. The first-order chi connectivity index (χ1) is 18.1. The highest BCUT2D eigenvalue weighted by atomic mass is 32.2. The Morgan fingerprint density at radius 3 is 2.68 bits per heavy atom. The summed E-state index contributed by atoms with van der Waals surface area (Å²) in [7, 11) is 0. The first kappa shape index (κ1) is 25.0. The zero-order chi connectivity index (χ0) is 25.8. The number of benzene rings is 2. The summed E-state index contributed by atoms with van der Waals surface area (Å²) in [5.74, 6) is -1.26. The molecule has 0 amide bonds. The quantitative estimate of drug-likeness (QED) is 0.228. The largest absolute Gasteiger partial charge is 0.361 e. The Kier molecular flexibility index (Phi) is 7.52. The minimum Gasteiger partial charge on any atom is -0.361 e. The second kappa shape index (κ2) is 11.1. The Labute approximate surface area is 219 Å². The molecule has 0 radical (unpaired) electrons. The second-order valence-electron chi connectivity index (χ2n) is 8.97. The lowest BCUT2D eigenvalue weighted by molar-refractivity contribution is 0.343. The molecular weight excluding hydrogens is 490 g/mol. The van der Waals surface area contributed by atoms with Gasteiger partial charge in [-0.25, -0.2) is 8.78 Å². The molecule has 4 N–H and O–H groups in total. The third kappa shape index (κ3) is 5.52. The van der Waals surface area contributed by atoms with Gasteiger partial charge >= 0.3 is 0 Å². The molecule has 1 fully saturated rings. The molecule has 6 nitrogen and oxygen atoms in total. The highest BCUT2D eigenvalue weighted by Crippen LogP contribution is 2.32. The van der Waals surface area contributed by atoms with Crippen molar-refractivity contribution in [1.82, 2.24) is 20.4 Å². The van der Waals surface area contributed by atoms with Crippen molar-refractivity contribution in [2.75, 3.05) is 24.1 Å². The van der Waals surface area contributed by atoms with Crippen LogP contribution in [0.5, 0.6) is 0 Å². The lowest BCUT2D eigenvalue weighted by Crippen LogP contribution is -2.29. The number of hydrogen-bond donors (Lipinski definition) is 4. The maximum Gasteiger partial charge on any atom is 0.133 e. The maximum absolute atomic E-state index is 14.6. The van der Waals surface area contributed by atoms with Crippen molar-refractivity contribution in [2.24, 2.45) is 0 Å². The fourth-order valence-electron chi connectivity index (χ4n) is 4.69. The Balaban J connectivity index is 1.44. The highest BCUT2D eigenvalue weighted by Gasteiger charge is 2.18. The zero-order valence-corrected chi connectivity index (χ0v) is 21.2. The highest BCUT2D eigenvalue weighted by molar-refractivity contribution is 7.99. The molecule has 0 unspecified atom stereocenters. The SMILES string of the molecule is CSNc1cc(/C(C=N)=C2\C=CC(c3cnn(C4CCNCC4)c3)=CN2)cc(-c2ccc(F)cc2F)c1. The van der Waals surface area contributed by atoms with Gasteiger partial charge in [0.05, 0.1) is 12.2 Å². The number of nitrogens with zero attached hydrogens (tertiary/aromatic N) is 2. The van der Waals surface area contributed by atoms with Crippen LogP contribution >= 0.6 is 11.9 Å². The maximum atomic E-state index is 14.6. The molecule has 9 heteroatoms. The average Bonchev–Trinajstić information content (AvgIpc) is 3.41. The van der Waals surface area contributed by atoms with Gasteiger partial charge in [0.25, 0.3) is 0 Å². The standard InChI is InChI=1S/C28H28F2N6S/c1-37-35-23-11-19(25-4-3-22(29)13-27(25)30)10-20(12-23)26(14-31)28-5-2-18(15-33-28)21-16-34-36(17-21)24-6-8-32-9-7-24/h2-5,10-17,24,31-33,35H,6-9H2,1H3/b28-26+,31-14?. The van der Waals surface area contributed by atoms with E-state index in [9.17, 15) is 8.78 Å². The van der Waals surface area contributed by atoms with Gasteiger partial charge < -0.3 is 20.8 Å². The molecule has 3 aromatic rings. The Morgan fingerprint density at radius 2 is 1.97 bits per heavy atom. The summed E-state index contributed by atoms with van der Waals surface area (Å²) in [5.41, 5.74) is 5.79. The van der Waals surface area contributed by atoms with Gasteiger partial charge in [-0.05, 0) is 73.5 Å². The summed E-state index contributed by atoms with van der Waals surface area (Å²) in [6.07, 6.45) is 15.1. The van der Waals surface area contributed by atoms with Gasteiger partial charge in [-0.1, -0.05) is 18.0 Å². The minimum absolute atomic E-state index is 0.293. The fraction of sp³-hybridized carbons (Fsp3) is 0.214. The summed E-state index contributed by atoms with van der Waals surface area (Å²) in [5, 5.41) is 19.4. The Hall–Kier alpha value is -3.69. The van der Waals surface area contributed by atoms with E-state index in [1.165, 1.54) is 30.3 Å². The molecule has 2 aliphatic heterocycles. The average molecular weight is 519 g/mol. The predicted octanol–water partition coefficient (Wildman–Crippen LogP) is 6.00. The molecule has 1 aromatic heterocycles. The van der Waals surface area contributed by atoms with Crippen LogP contribution in [-0.4, -0.2) is 35.3 Å². The first-order valence-electron chi connectivity index (χ1n) is 12.1. The number of aromatic nitrogens is 2. The van der Waals surface area contributed by atoms with Crippen LogP contribution in [0, 0.1) is 17.0 Å². The molecule has 3 heterocycles. The number of halogens is 2. The number of anilines is 1. The van der Waals surface area contributed by atoms with Crippen LogP contribution in [0.2, 0.25) is 0 Å². The summed E-state index contributed by atoms with van der Waals surface area (Å²) in [6, 6.07) is 9.50. The molecule has 0 aliphatic carbocycles. The summed E-state index contributed by atoms with van der Waals surface area (Å²) in [6.45, 7) is 2.02. The zero-order valence-electron chi connectivity index (χ0n) is 20.4. The minimum atomic E-state index is -0.635. The molecule has 0 bridgehead atoms. The molecule has 37 heavy (non-hydrogen) atoms. The smallest absolute Gasteiger partial charge is 0.133 e. The Bertz CT molecular complexity index is 1400. The lowest BCUT2D eigenvalue weighted by atomic mass is 9.96. The van der Waals surface area contributed by atoms with Crippen molar-refractivity contribution in [3.63, 3.8) is 0 Å². The van der Waals surface area contributed by atoms with Gasteiger partial charge in [-0.15, -0.1) is 0 Å². The van der Waals surface area contributed by atoms with E-state index < -0.39 is 11.6 Å². The van der Waals surface area contributed by atoms with Crippen molar-refractivity contribution < 1.29 is 8.78 Å². The topological polar surface area (TPSA) is 77.8 Å². The van der Waals surface area contributed by atoms with E-state index in [2.05, 4.69) is 31.3 Å². The molecule has 0 saturated carbocycles. The number of dihydropyridines is 1. The van der Waals surface area contributed by atoms with Gasteiger partial charge in [0.1, 0.15) is 11.6 Å². The summed E-state index contributed by atoms with van der Waals surface area (Å²) in [4.78, 5) is 0. The fourth-order valence-corrected chi connectivity index (χ4v) is 5.04. The van der Waals surface area contributed by atoms with Crippen LogP contribution in [0.25, 0.3) is 22.3 Å². The number of nitrogens with one attached hydrogen (secondary N) is 4. The van der Waals surface area contributed by atoms with Gasteiger partial charge in [0.2, 0.25) is 0 Å². The van der Waals surface area contributed by atoms with Crippen LogP contribution < -0.4 is 15.4 Å². The molecule has 5 rings (SSSR count). The number of allylic oxidation sites excluding steroid dienone is 4. The van der Waals surface area contributed by atoms with E-state index >= 15 is 0 Å². The number of rotatable bonds is 7. The van der Waals surface area contributed by atoms with Crippen molar-refractivity contribution in [3.05, 3.63) is 95.6 Å². The van der Waals surface area contributed by atoms with E-state index in [1.54, 1.807) is 0 Å². The van der Waals surface area contributed by atoms with Crippen LogP contribution in [0.4, 0.5) is 14.5 Å². The summed E-state index contributed by atoms with van der Waals surface area (Å²) < 4.78 is 33.3. The van der Waals surface area contributed by atoms with E-state index in [0.717, 1.165) is 60.1 Å². The van der Waals surface area contributed by atoms with Gasteiger partial charge in [0.15, 0.2) is 0 Å². The van der Waals surface area contributed by atoms with Gasteiger partial charge in [-0.3, -0.25) is 4.68 Å². The van der Waals surface area contributed by atoms with Crippen molar-refractivity contribution in [3.8, 4) is 11.1 Å². The van der Waals surface area contributed by atoms with Crippen LogP contribution in [0.1, 0.15) is 30.0 Å². The van der Waals surface area contributed by atoms with E-state index in [-0.39, 0.29) is 0 Å². The third-order valence-electron chi connectivity index (χ3n) is 6.57. The molecular formula is C28H28F2N6S. The van der Waals surface area contributed by atoms with Crippen molar-refractivity contribution >= 4 is 35.0 Å². The van der Waals surface area contributed by atoms with Crippen molar-refractivity contribution in [1.29, 1.82) is 5.41 Å². The number of hydrogen-bond acceptors (Lipinski definition) is 6. The second-order valence-corrected chi connectivity index (χ2v) is 9.58. The normalized spacial score (nSPS) is 17.2. The molecule has 1 saturated heterocycles. The van der Waals surface area contributed by atoms with Crippen LogP contribution in [-0.2, 0) is 0 Å². The predicted molar refractivity (Wildman–Crippen MR) is 148 cm³/mol. The molecule has 2 aromatic carbocycles. The van der Waals surface area contributed by atoms with E-state index in [0.29, 0.717) is 22.7 Å². The molecule has 0 atom stereocenters. The summed E-state index contributed by atoms with van der Waals surface area (Å²) >= 11 is 1.41. The monoisotopic (exact) mass is 518 g/mol. The van der Waals surface area contributed by atoms with E-state index in [4.69, 9.17) is 5.41 Å². The van der Waals surface area contributed by atoms with Crippen molar-refractivity contribution in [2.45, 2.75) is 18.9 Å². The first-order valence-corrected chi connectivity index (χ1v) is 13.3. The molecule has 0 spiro atoms. The Morgan fingerprint density at radius 1 is 1.14 bits per heavy atom. The molecule has 2 aliphatic rings. The van der Waals surface area contributed by atoms with Gasteiger partial charge in [-0.2, -0.15) is 5.10 Å². The lowest BCUT2D eigenvalue weighted by Gasteiger charge is -2.22. The third-order valence-corrected chi connectivity index (χ3v) is 7.01. The van der Waals surface area contributed by atoms with Crippen LogP contribution in [0.3, 0.4) is 0 Å². The number of piperidine rings is 1. The van der Waals surface area contributed by atoms with Crippen LogP contribution in [0.15, 0.2) is 72.8 Å².